The summed E-state index contributed by atoms with van der Waals surface area (Å²) in [7, 11) is 0. The highest BCUT2D eigenvalue weighted by Crippen LogP contribution is 2.46. The van der Waals surface area contributed by atoms with E-state index < -0.39 is 0 Å². The fourth-order valence-electron chi connectivity index (χ4n) is 11.9. The molecular weight excluding hydrogens is 961 g/mol. The molecule has 0 saturated carbocycles. The summed E-state index contributed by atoms with van der Waals surface area (Å²) in [5.74, 6) is 0. The summed E-state index contributed by atoms with van der Waals surface area (Å²) < 4.78 is 7.60. The zero-order valence-corrected chi connectivity index (χ0v) is 42.6. The smallest absolute Gasteiger partial charge is 0.0804 e. The van der Waals surface area contributed by atoms with Crippen LogP contribution < -0.4 is 9.80 Å². The van der Waals surface area contributed by atoms with Crippen molar-refractivity contribution in [2.45, 2.75) is 0 Å². The number of thiophene rings is 2. The third-order valence-corrected chi connectivity index (χ3v) is 17.3. The summed E-state index contributed by atoms with van der Waals surface area (Å²) in [6.07, 6.45) is 0. The second-order valence-corrected chi connectivity index (χ2v) is 21.7. The summed E-state index contributed by atoms with van der Waals surface area (Å²) in [6.45, 7) is 0. The molecule has 0 N–H and O–H groups in total. The van der Waals surface area contributed by atoms with Crippen molar-refractivity contribution in [2.75, 3.05) is 9.80 Å². The Balaban J connectivity index is 0.892. The highest BCUT2D eigenvalue weighted by Gasteiger charge is 2.25. The minimum atomic E-state index is 1.09. The summed E-state index contributed by atoms with van der Waals surface area (Å²) >= 11 is 3.61. The number of nitrogens with zero attached hydrogens (tertiary/aromatic N) is 4. The Morgan fingerprint density at radius 1 is 0.250 bits per heavy atom. The molecule has 0 aliphatic rings. The average molecular weight is 1010 g/mol. The Morgan fingerprint density at radius 3 is 0.882 bits per heavy atom. The zero-order valence-electron chi connectivity index (χ0n) is 41.0. The van der Waals surface area contributed by atoms with Gasteiger partial charge in [0.1, 0.15) is 0 Å². The molecule has 0 bridgehead atoms. The lowest BCUT2D eigenvalue weighted by atomic mass is 10.1. The van der Waals surface area contributed by atoms with Gasteiger partial charge in [0.05, 0.1) is 22.1 Å². The number of fused-ring (bicyclic) bond motifs is 11. The van der Waals surface area contributed by atoms with Crippen LogP contribution >= 0.6 is 22.7 Å². The van der Waals surface area contributed by atoms with E-state index in [0.717, 1.165) is 45.5 Å². The molecule has 16 aromatic rings. The summed E-state index contributed by atoms with van der Waals surface area (Å²) in [6, 6.07) is 94.3. The van der Waals surface area contributed by atoms with Crippen LogP contribution in [0.2, 0.25) is 0 Å². The Bertz CT molecular complexity index is 4490. The van der Waals surface area contributed by atoms with Gasteiger partial charge in [0.15, 0.2) is 0 Å². The first kappa shape index (κ1) is 43.0. The van der Waals surface area contributed by atoms with E-state index in [4.69, 9.17) is 0 Å². The average Bonchev–Trinajstić information content (AvgIpc) is 4.28. The first-order valence-corrected chi connectivity index (χ1v) is 27.5. The number of benzene rings is 12. The van der Waals surface area contributed by atoms with Gasteiger partial charge in [0.25, 0.3) is 0 Å². The fourth-order valence-corrected chi connectivity index (χ4v) is 13.5. The predicted molar refractivity (Wildman–Crippen MR) is 328 cm³/mol. The maximum absolute atomic E-state index is 2.52. The fraction of sp³-hybridized carbons (Fsp3) is 0. The lowest BCUT2D eigenvalue weighted by Gasteiger charge is -2.26. The molecule has 0 saturated heterocycles. The van der Waals surface area contributed by atoms with Crippen molar-refractivity contribution >= 4 is 153 Å². The van der Waals surface area contributed by atoms with E-state index in [1.807, 2.05) is 0 Å². The lowest BCUT2D eigenvalue weighted by Crippen LogP contribution is -2.10. The van der Waals surface area contributed by atoms with Crippen molar-refractivity contribution < 1.29 is 0 Å². The molecule has 0 unspecified atom stereocenters. The van der Waals surface area contributed by atoms with E-state index in [-0.39, 0.29) is 0 Å². The van der Waals surface area contributed by atoms with Crippen molar-refractivity contribution in [1.82, 2.24) is 9.13 Å². The van der Waals surface area contributed by atoms with Crippen LogP contribution in [0.15, 0.2) is 266 Å². The van der Waals surface area contributed by atoms with E-state index in [1.165, 1.54) is 96.1 Å². The standard InChI is InChI=1S/C70H44N4S2/c1-5-13-49-37-59(21-17-45(49)9-1)71(60-22-18-46-10-2-6-14-50(46)38-60)55-25-29-57(30-26-55)73-65-41-53-33-35-75-67(53)43-63(65)70-69(73)64-44-68-54(34-36-76-68)42-66(64)74(70)58-31-27-56(28-32-58)72(61-23-19-47-11-3-7-15-51(47)39-61)62-24-20-48-12-4-8-16-52(48)40-62/h1-44H. The van der Waals surface area contributed by atoms with Gasteiger partial charge in [-0.3, -0.25) is 0 Å². The van der Waals surface area contributed by atoms with Crippen molar-refractivity contribution in [1.29, 1.82) is 0 Å². The molecule has 0 fully saturated rings. The Labute approximate surface area is 446 Å². The maximum atomic E-state index is 2.52. The molecule has 4 aromatic heterocycles. The Morgan fingerprint density at radius 2 is 0.553 bits per heavy atom. The van der Waals surface area contributed by atoms with Crippen LogP contribution in [0, 0.1) is 0 Å². The normalized spacial score (nSPS) is 11.9. The van der Waals surface area contributed by atoms with Crippen molar-refractivity contribution in [2.24, 2.45) is 0 Å². The van der Waals surface area contributed by atoms with Crippen molar-refractivity contribution in [3.8, 4) is 11.4 Å². The Hall–Kier alpha value is -9.46. The molecule has 0 radical (unpaired) electrons. The van der Waals surface area contributed by atoms with Crippen LogP contribution in [0.3, 0.4) is 0 Å². The molecule has 12 aromatic carbocycles. The molecule has 0 amide bonds. The molecule has 0 aliphatic carbocycles. The van der Waals surface area contributed by atoms with Crippen LogP contribution in [-0.4, -0.2) is 9.13 Å². The topological polar surface area (TPSA) is 16.3 Å². The first-order chi connectivity index (χ1) is 37.6. The highest BCUT2D eigenvalue weighted by molar-refractivity contribution is 7.17. The highest BCUT2D eigenvalue weighted by atomic mass is 32.1. The summed E-state index contributed by atoms with van der Waals surface area (Å²) in [4.78, 5) is 4.79. The van der Waals surface area contributed by atoms with Gasteiger partial charge in [-0.1, -0.05) is 121 Å². The molecular formula is C70H44N4S2. The predicted octanol–water partition coefficient (Wildman–Crippen LogP) is 20.7. The third-order valence-electron chi connectivity index (χ3n) is 15.5. The van der Waals surface area contributed by atoms with Gasteiger partial charge in [-0.15, -0.1) is 22.7 Å². The van der Waals surface area contributed by atoms with E-state index in [2.05, 4.69) is 284 Å². The van der Waals surface area contributed by atoms with E-state index in [0.29, 0.717) is 0 Å². The monoisotopic (exact) mass is 1000 g/mol. The SMILES string of the molecule is c1ccc2cc(N(c3ccc(-n4c5cc6ccsc6cc5c5c4c4cc6sccc6cc4n5-c4ccc(N(c5ccc6ccccc6c5)c5ccc6ccccc6c5)cc4)cc3)c3ccc4ccccc4c3)ccc2c1. The van der Waals surface area contributed by atoms with Gasteiger partial charge in [-0.2, -0.15) is 0 Å². The quantitative estimate of drug-likeness (QED) is 0.151. The second kappa shape index (κ2) is 17.0. The number of anilines is 6. The van der Waals surface area contributed by atoms with Gasteiger partial charge in [0, 0.05) is 65.7 Å². The number of hydrogen-bond donors (Lipinski definition) is 0. The summed E-state index contributed by atoms with van der Waals surface area (Å²) in [5.41, 5.74) is 13.6. The van der Waals surface area contributed by atoms with Crippen molar-refractivity contribution in [3.63, 3.8) is 0 Å². The molecule has 4 nitrogen and oxygen atoms in total. The molecule has 0 aliphatic heterocycles. The lowest BCUT2D eigenvalue weighted by molar-refractivity contribution is 1.17. The van der Waals surface area contributed by atoms with Crippen LogP contribution in [0.25, 0.3) is 107 Å². The molecule has 6 heteroatoms. The Kier molecular flexibility index (Phi) is 9.64. The molecule has 16 rings (SSSR count). The molecule has 76 heavy (non-hydrogen) atoms. The first-order valence-electron chi connectivity index (χ1n) is 25.8. The number of rotatable bonds is 8. The van der Waals surface area contributed by atoms with Crippen LogP contribution in [0.1, 0.15) is 0 Å². The minimum absolute atomic E-state index is 1.09. The maximum Gasteiger partial charge on any atom is 0.0804 e. The molecule has 356 valence electrons. The van der Waals surface area contributed by atoms with Crippen LogP contribution in [0.4, 0.5) is 34.1 Å². The van der Waals surface area contributed by atoms with Crippen LogP contribution in [0.5, 0.6) is 0 Å². The van der Waals surface area contributed by atoms with Gasteiger partial charge in [-0.05, 0) is 198 Å². The molecule has 4 heterocycles. The van der Waals surface area contributed by atoms with Gasteiger partial charge in [0.2, 0.25) is 0 Å². The van der Waals surface area contributed by atoms with E-state index in [9.17, 15) is 0 Å². The third kappa shape index (κ3) is 6.89. The van der Waals surface area contributed by atoms with E-state index >= 15 is 0 Å². The van der Waals surface area contributed by atoms with E-state index in [1.54, 1.807) is 22.7 Å². The minimum Gasteiger partial charge on any atom is -0.310 e. The summed E-state index contributed by atoms with van der Waals surface area (Å²) in [5, 5.41) is 19.1. The molecule has 0 spiro atoms. The van der Waals surface area contributed by atoms with Gasteiger partial charge >= 0.3 is 0 Å². The molecule has 0 atom stereocenters. The van der Waals surface area contributed by atoms with Crippen LogP contribution in [-0.2, 0) is 0 Å². The number of aromatic nitrogens is 2. The zero-order chi connectivity index (χ0) is 49.8. The van der Waals surface area contributed by atoms with Gasteiger partial charge < -0.3 is 18.9 Å². The largest absolute Gasteiger partial charge is 0.310 e. The van der Waals surface area contributed by atoms with Crippen molar-refractivity contribution in [3.05, 3.63) is 266 Å². The second-order valence-electron chi connectivity index (χ2n) is 19.9. The van der Waals surface area contributed by atoms with Gasteiger partial charge in [-0.25, -0.2) is 0 Å². The number of hydrogen-bond acceptors (Lipinski definition) is 4.